The second-order valence-electron chi connectivity index (χ2n) is 4.37. The van der Waals surface area contributed by atoms with Crippen molar-refractivity contribution in [2.45, 2.75) is 13.3 Å². The summed E-state index contributed by atoms with van der Waals surface area (Å²) in [6.45, 7) is 6.33. The molecule has 1 aromatic rings. The highest BCUT2D eigenvalue weighted by molar-refractivity contribution is 6.04. The molecule has 0 amide bonds. The molecular weight excluding hydrogens is 272 g/mol. The van der Waals surface area contributed by atoms with Crippen LogP contribution in [0.15, 0.2) is 24.8 Å². The second kappa shape index (κ2) is 8.21. The quantitative estimate of drug-likeness (QED) is 0.438. The Labute approximate surface area is 124 Å². The molecular formula is C16H20O5. The molecule has 0 aliphatic carbocycles. The molecule has 1 aromatic carbocycles. The Morgan fingerprint density at radius 2 is 1.86 bits per heavy atom. The summed E-state index contributed by atoms with van der Waals surface area (Å²) in [5.41, 5.74) is 2.07. The van der Waals surface area contributed by atoms with E-state index in [-0.39, 0.29) is 11.1 Å². The van der Waals surface area contributed by atoms with Crippen LogP contribution in [0.2, 0.25) is 0 Å². The molecule has 0 unspecified atom stereocenters. The van der Waals surface area contributed by atoms with Crippen LogP contribution < -0.4 is 0 Å². The van der Waals surface area contributed by atoms with Crippen LogP contribution in [0.25, 0.3) is 0 Å². The van der Waals surface area contributed by atoms with Crippen molar-refractivity contribution in [2.24, 2.45) is 0 Å². The lowest BCUT2D eigenvalue weighted by molar-refractivity contribution is 0.0554. The van der Waals surface area contributed by atoms with Gasteiger partial charge in [-0.25, -0.2) is 9.59 Å². The number of carbonyl (C=O) groups excluding carboxylic acids is 2. The maximum atomic E-state index is 11.9. The number of hydrogen-bond donors (Lipinski definition) is 0. The normalized spacial score (nSPS) is 10.0. The third kappa shape index (κ3) is 4.16. The van der Waals surface area contributed by atoms with Gasteiger partial charge in [0.05, 0.1) is 38.6 Å². The van der Waals surface area contributed by atoms with Gasteiger partial charge in [-0.15, -0.1) is 6.58 Å². The van der Waals surface area contributed by atoms with Crippen molar-refractivity contribution in [2.75, 3.05) is 27.4 Å². The molecule has 0 saturated carbocycles. The summed E-state index contributed by atoms with van der Waals surface area (Å²) in [5, 5.41) is 0. The second-order valence-corrected chi connectivity index (χ2v) is 4.37. The van der Waals surface area contributed by atoms with Gasteiger partial charge in [0.15, 0.2) is 0 Å². The predicted molar refractivity (Wildman–Crippen MR) is 78.6 cm³/mol. The van der Waals surface area contributed by atoms with Crippen molar-refractivity contribution in [1.29, 1.82) is 0 Å². The molecule has 0 N–H and O–H groups in total. The molecule has 5 heteroatoms. The Bertz CT molecular complexity index is 534. The lowest BCUT2D eigenvalue weighted by Gasteiger charge is -2.13. The van der Waals surface area contributed by atoms with E-state index in [1.54, 1.807) is 25.1 Å². The van der Waals surface area contributed by atoms with Crippen molar-refractivity contribution in [3.05, 3.63) is 47.0 Å². The van der Waals surface area contributed by atoms with E-state index in [0.29, 0.717) is 25.2 Å². The van der Waals surface area contributed by atoms with Crippen LogP contribution in [0.3, 0.4) is 0 Å². The van der Waals surface area contributed by atoms with Gasteiger partial charge in [-0.05, 0) is 30.5 Å². The van der Waals surface area contributed by atoms with Gasteiger partial charge >= 0.3 is 11.9 Å². The van der Waals surface area contributed by atoms with Gasteiger partial charge in [-0.2, -0.15) is 0 Å². The van der Waals surface area contributed by atoms with E-state index in [0.717, 1.165) is 5.56 Å². The summed E-state index contributed by atoms with van der Waals surface area (Å²) >= 11 is 0. The van der Waals surface area contributed by atoms with Crippen molar-refractivity contribution in [1.82, 2.24) is 0 Å². The lowest BCUT2D eigenvalue weighted by Crippen LogP contribution is -2.15. The standard InChI is InChI=1S/C16H20O5/c1-5-9-21-10-8-12-6-7-13(15(17)19-3)14(11(12)2)16(18)20-4/h5-7H,1,8-10H2,2-4H3. The summed E-state index contributed by atoms with van der Waals surface area (Å²) in [5.74, 6) is -1.12. The smallest absolute Gasteiger partial charge is 0.339 e. The molecule has 0 spiro atoms. The number of benzene rings is 1. The van der Waals surface area contributed by atoms with Crippen molar-refractivity contribution in [3.63, 3.8) is 0 Å². The van der Waals surface area contributed by atoms with Crippen LogP contribution in [-0.4, -0.2) is 39.4 Å². The third-order valence-electron chi connectivity index (χ3n) is 3.12. The number of carbonyl (C=O) groups is 2. The highest BCUT2D eigenvalue weighted by atomic mass is 16.5. The van der Waals surface area contributed by atoms with Crippen LogP contribution in [0.5, 0.6) is 0 Å². The van der Waals surface area contributed by atoms with E-state index in [1.807, 2.05) is 0 Å². The van der Waals surface area contributed by atoms with E-state index in [9.17, 15) is 9.59 Å². The van der Waals surface area contributed by atoms with Crippen molar-refractivity contribution < 1.29 is 23.8 Å². The number of methoxy groups -OCH3 is 2. The van der Waals surface area contributed by atoms with Crippen LogP contribution in [0.1, 0.15) is 31.8 Å². The molecule has 114 valence electrons. The Morgan fingerprint density at radius 3 is 2.43 bits per heavy atom. The molecule has 0 fully saturated rings. The number of rotatable bonds is 7. The average Bonchev–Trinajstić information content (AvgIpc) is 2.51. The monoisotopic (exact) mass is 292 g/mol. The van der Waals surface area contributed by atoms with Gasteiger partial charge in [0.1, 0.15) is 0 Å². The summed E-state index contributed by atoms with van der Waals surface area (Å²) < 4.78 is 14.8. The fourth-order valence-corrected chi connectivity index (χ4v) is 2.02. The molecule has 0 radical (unpaired) electrons. The first-order valence-corrected chi connectivity index (χ1v) is 6.54. The van der Waals surface area contributed by atoms with E-state index in [2.05, 4.69) is 6.58 Å². The number of esters is 2. The maximum absolute atomic E-state index is 11.9. The van der Waals surface area contributed by atoms with Crippen LogP contribution >= 0.6 is 0 Å². The fourth-order valence-electron chi connectivity index (χ4n) is 2.02. The summed E-state index contributed by atoms with van der Waals surface area (Å²) in [4.78, 5) is 23.7. The first-order chi connectivity index (χ1) is 10.1. The van der Waals surface area contributed by atoms with E-state index >= 15 is 0 Å². The van der Waals surface area contributed by atoms with Gasteiger partial charge in [-0.1, -0.05) is 12.1 Å². The largest absolute Gasteiger partial charge is 0.465 e. The molecule has 0 aliphatic heterocycles. The van der Waals surface area contributed by atoms with Gasteiger partial charge in [0, 0.05) is 0 Å². The van der Waals surface area contributed by atoms with Crippen molar-refractivity contribution >= 4 is 11.9 Å². The molecule has 0 saturated heterocycles. The van der Waals surface area contributed by atoms with E-state index < -0.39 is 11.9 Å². The summed E-state index contributed by atoms with van der Waals surface area (Å²) in [6, 6.07) is 3.37. The van der Waals surface area contributed by atoms with Gasteiger partial charge < -0.3 is 14.2 Å². The third-order valence-corrected chi connectivity index (χ3v) is 3.12. The summed E-state index contributed by atoms with van der Waals surface area (Å²) in [7, 11) is 2.55. The Hall–Kier alpha value is -2.14. The molecule has 1 rings (SSSR count). The van der Waals surface area contributed by atoms with E-state index in [4.69, 9.17) is 14.2 Å². The maximum Gasteiger partial charge on any atom is 0.339 e. The molecule has 0 heterocycles. The zero-order chi connectivity index (χ0) is 15.8. The highest BCUT2D eigenvalue weighted by Crippen LogP contribution is 2.21. The zero-order valence-corrected chi connectivity index (χ0v) is 12.6. The Balaban J connectivity index is 3.11. The Morgan fingerprint density at radius 1 is 1.19 bits per heavy atom. The fraction of sp³-hybridized carbons (Fsp3) is 0.375. The van der Waals surface area contributed by atoms with Gasteiger partial charge in [-0.3, -0.25) is 0 Å². The van der Waals surface area contributed by atoms with Gasteiger partial charge in [0.25, 0.3) is 0 Å². The van der Waals surface area contributed by atoms with Crippen LogP contribution in [0.4, 0.5) is 0 Å². The minimum absolute atomic E-state index is 0.206. The lowest BCUT2D eigenvalue weighted by atomic mass is 9.95. The van der Waals surface area contributed by atoms with E-state index in [1.165, 1.54) is 14.2 Å². The van der Waals surface area contributed by atoms with Crippen LogP contribution in [0, 0.1) is 6.92 Å². The minimum atomic E-state index is -0.562. The predicted octanol–water partition coefficient (Wildman–Crippen LogP) is 2.31. The Kier molecular flexibility index (Phi) is 6.62. The van der Waals surface area contributed by atoms with Crippen LogP contribution in [-0.2, 0) is 20.6 Å². The highest BCUT2D eigenvalue weighted by Gasteiger charge is 2.22. The van der Waals surface area contributed by atoms with Gasteiger partial charge in [0.2, 0.25) is 0 Å². The number of ether oxygens (including phenoxy) is 3. The topological polar surface area (TPSA) is 61.8 Å². The summed E-state index contributed by atoms with van der Waals surface area (Å²) in [6.07, 6.45) is 2.30. The molecule has 0 atom stereocenters. The molecule has 21 heavy (non-hydrogen) atoms. The molecule has 5 nitrogen and oxygen atoms in total. The zero-order valence-electron chi connectivity index (χ0n) is 12.6. The van der Waals surface area contributed by atoms with Crippen molar-refractivity contribution in [3.8, 4) is 0 Å². The SMILES string of the molecule is C=CCOCCc1ccc(C(=O)OC)c(C(=O)OC)c1C. The first kappa shape index (κ1) is 16.9. The molecule has 0 aliphatic rings. The minimum Gasteiger partial charge on any atom is -0.465 e. The molecule has 0 bridgehead atoms. The number of hydrogen-bond acceptors (Lipinski definition) is 5. The first-order valence-electron chi connectivity index (χ1n) is 6.54. The molecule has 0 aromatic heterocycles. The average molecular weight is 292 g/mol.